The molecule has 0 fully saturated rings. The van der Waals surface area contributed by atoms with Gasteiger partial charge in [0.15, 0.2) is 0 Å². The van der Waals surface area contributed by atoms with Gasteiger partial charge < -0.3 is 0 Å². The molecule has 0 amide bonds. The molecule has 1 N–H and O–H groups in total. The lowest BCUT2D eigenvalue weighted by Crippen LogP contribution is -2.45. The summed E-state index contributed by atoms with van der Waals surface area (Å²) in [6.07, 6.45) is 2.38. The second-order valence-corrected chi connectivity index (χ2v) is 3.31. The molecule has 0 heterocycles. The molecule has 0 bridgehead atoms. The summed E-state index contributed by atoms with van der Waals surface area (Å²) in [7, 11) is 2.11. The largest absolute Gasteiger partial charge is 0.252 e. The number of hydrogen-bond acceptors (Lipinski definition) is 2. The smallest absolute Gasteiger partial charge is 0.0209 e. The van der Waals surface area contributed by atoms with E-state index in [2.05, 4.69) is 45.2 Å². The van der Waals surface area contributed by atoms with Crippen LogP contribution in [0, 0.1) is 0 Å². The van der Waals surface area contributed by atoms with Crippen LogP contribution < -0.4 is 5.43 Å². The molecule has 0 aromatic rings. The monoisotopic (exact) mass is 158 g/mol. The molecule has 2 atom stereocenters. The Kier molecular flexibility index (Phi) is 5.51. The van der Waals surface area contributed by atoms with Crippen molar-refractivity contribution in [2.45, 2.75) is 52.6 Å². The summed E-state index contributed by atoms with van der Waals surface area (Å²) in [4.78, 5) is 0. The quantitative estimate of drug-likeness (QED) is 0.616. The molecule has 0 aliphatic rings. The van der Waals surface area contributed by atoms with Crippen LogP contribution in [0.2, 0.25) is 0 Å². The molecule has 2 unspecified atom stereocenters. The number of nitrogens with zero attached hydrogens (tertiary/aromatic N) is 1. The first-order valence-corrected chi connectivity index (χ1v) is 4.60. The van der Waals surface area contributed by atoms with Crippen LogP contribution in [0.3, 0.4) is 0 Å². The second-order valence-electron chi connectivity index (χ2n) is 3.31. The van der Waals surface area contributed by atoms with Crippen LogP contribution in [-0.4, -0.2) is 24.1 Å². The maximum absolute atomic E-state index is 3.41. The Bertz CT molecular complexity index is 93.6. The third kappa shape index (κ3) is 4.38. The van der Waals surface area contributed by atoms with Crippen molar-refractivity contribution < 1.29 is 0 Å². The van der Waals surface area contributed by atoms with Crippen LogP contribution in [0.15, 0.2) is 0 Å². The maximum atomic E-state index is 3.41. The van der Waals surface area contributed by atoms with Gasteiger partial charge >= 0.3 is 0 Å². The summed E-state index contributed by atoms with van der Waals surface area (Å²) in [6, 6.07) is 1.22. The summed E-state index contributed by atoms with van der Waals surface area (Å²) in [5, 5.41) is 2.20. The van der Waals surface area contributed by atoms with Gasteiger partial charge in [-0.2, -0.15) is 0 Å². The van der Waals surface area contributed by atoms with Crippen LogP contribution in [0.25, 0.3) is 0 Å². The highest BCUT2D eigenvalue weighted by Gasteiger charge is 2.07. The first-order chi connectivity index (χ1) is 5.11. The zero-order chi connectivity index (χ0) is 8.85. The SMILES string of the molecule is CCC(C)NN(C)C(C)CC. The van der Waals surface area contributed by atoms with Gasteiger partial charge in [0.25, 0.3) is 0 Å². The van der Waals surface area contributed by atoms with Crippen LogP contribution in [0.1, 0.15) is 40.5 Å². The standard InChI is InChI=1S/C9H22N2/c1-6-8(3)10-11(5)9(4)7-2/h8-10H,6-7H2,1-5H3. The van der Waals surface area contributed by atoms with Gasteiger partial charge in [-0.3, -0.25) is 5.43 Å². The maximum Gasteiger partial charge on any atom is 0.0209 e. The summed E-state index contributed by atoms with van der Waals surface area (Å²) in [5.41, 5.74) is 3.41. The minimum Gasteiger partial charge on any atom is -0.252 e. The lowest BCUT2D eigenvalue weighted by atomic mass is 10.2. The van der Waals surface area contributed by atoms with E-state index < -0.39 is 0 Å². The molecule has 0 saturated carbocycles. The minimum absolute atomic E-state index is 0.592. The van der Waals surface area contributed by atoms with Gasteiger partial charge in [-0.25, -0.2) is 5.01 Å². The topological polar surface area (TPSA) is 15.3 Å². The van der Waals surface area contributed by atoms with Gasteiger partial charge in [0.05, 0.1) is 0 Å². The second kappa shape index (κ2) is 5.56. The van der Waals surface area contributed by atoms with E-state index in [1.807, 2.05) is 0 Å². The molecule has 0 aromatic carbocycles. The van der Waals surface area contributed by atoms with Gasteiger partial charge in [0, 0.05) is 19.1 Å². The summed E-state index contributed by atoms with van der Waals surface area (Å²) in [6.45, 7) is 8.84. The molecule has 0 aliphatic carbocycles. The molecule has 2 heteroatoms. The third-order valence-corrected chi connectivity index (χ3v) is 2.29. The first kappa shape index (κ1) is 10.9. The Morgan fingerprint density at radius 3 is 2.09 bits per heavy atom. The van der Waals surface area contributed by atoms with E-state index >= 15 is 0 Å². The van der Waals surface area contributed by atoms with Crippen molar-refractivity contribution in [1.82, 2.24) is 10.4 Å². The highest BCUT2D eigenvalue weighted by Crippen LogP contribution is 1.98. The molecule has 2 nitrogen and oxygen atoms in total. The van der Waals surface area contributed by atoms with Crippen LogP contribution >= 0.6 is 0 Å². The third-order valence-electron chi connectivity index (χ3n) is 2.29. The van der Waals surface area contributed by atoms with Crippen molar-refractivity contribution in [3.8, 4) is 0 Å². The number of hydrazine groups is 1. The number of hydrogen-bond donors (Lipinski definition) is 1. The van der Waals surface area contributed by atoms with Gasteiger partial charge in [0.2, 0.25) is 0 Å². The lowest BCUT2D eigenvalue weighted by molar-refractivity contribution is 0.145. The Balaban J connectivity index is 3.58. The normalized spacial score (nSPS) is 16.9. The molecule has 0 radical (unpaired) electrons. The Hall–Kier alpha value is -0.0800. The van der Waals surface area contributed by atoms with Crippen LogP contribution in [-0.2, 0) is 0 Å². The van der Waals surface area contributed by atoms with E-state index in [1.54, 1.807) is 0 Å². The average Bonchev–Trinajstić information content (AvgIpc) is 2.02. The van der Waals surface area contributed by atoms with E-state index in [-0.39, 0.29) is 0 Å². The highest BCUT2D eigenvalue weighted by molar-refractivity contribution is 4.60. The van der Waals surface area contributed by atoms with E-state index in [1.165, 1.54) is 12.8 Å². The van der Waals surface area contributed by atoms with Gasteiger partial charge in [-0.15, -0.1) is 0 Å². The molecule has 0 saturated heterocycles. The fourth-order valence-corrected chi connectivity index (χ4v) is 0.840. The van der Waals surface area contributed by atoms with E-state index in [9.17, 15) is 0 Å². The summed E-state index contributed by atoms with van der Waals surface area (Å²) >= 11 is 0. The number of nitrogens with one attached hydrogen (secondary N) is 1. The molecule has 11 heavy (non-hydrogen) atoms. The fraction of sp³-hybridized carbons (Fsp3) is 1.00. The van der Waals surface area contributed by atoms with E-state index in [0.717, 1.165) is 0 Å². The average molecular weight is 158 g/mol. The zero-order valence-electron chi connectivity index (χ0n) is 8.52. The van der Waals surface area contributed by atoms with Gasteiger partial charge in [-0.1, -0.05) is 13.8 Å². The fourth-order valence-electron chi connectivity index (χ4n) is 0.840. The van der Waals surface area contributed by atoms with Crippen molar-refractivity contribution in [2.75, 3.05) is 7.05 Å². The van der Waals surface area contributed by atoms with Crippen molar-refractivity contribution >= 4 is 0 Å². The predicted octanol–water partition coefficient (Wildman–Crippen LogP) is 2.02. The van der Waals surface area contributed by atoms with E-state index in [0.29, 0.717) is 12.1 Å². The molecule has 0 aromatic heterocycles. The summed E-state index contributed by atoms with van der Waals surface area (Å²) < 4.78 is 0. The Morgan fingerprint density at radius 2 is 1.73 bits per heavy atom. The minimum atomic E-state index is 0.592. The van der Waals surface area contributed by atoms with E-state index in [4.69, 9.17) is 0 Å². The van der Waals surface area contributed by atoms with Crippen molar-refractivity contribution in [3.63, 3.8) is 0 Å². The zero-order valence-corrected chi connectivity index (χ0v) is 8.52. The highest BCUT2D eigenvalue weighted by atomic mass is 15.5. The van der Waals surface area contributed by atoms with Gasteiger partial charge in [0.1, 0.15) is 0 Å². The molecule has 68 valence electrons. The predicted molar refractivity (Wildman–Crippen MR) is 50.4 cm³/mol. The number of rotatable bonds is 5. The Labute approximate surface area is 70.9 Å². The first-order valence-electron chi connectivity index (χ1n) is 4.60. The van der Waals surface area contributed by atoms with Crippen molar-refractivity contribution in [3.05, 3.63) is 0 Å². The summed E-state index contributed by atoms with van der Waals surface area (Å²) in [5.74, 6) is 0. The molecule has 0 aliphatic heterocycles. The molecule has 0 rings (SSSR count). The Morgan fingerprint density at radius 1 is 1.18 bits per heavy atom. The lowest BCUT2D eigenvalue weighted by Gasteiger charge is -2.27. The molecular weight excluding hydrogens is 136 g/mol. The van der Waals surface area contributed by atoms with Crippen molar-refractivity contribution in [1.29, 1.82) is 0 Å². The molecule has 0 spiro atoms. The molecular formula is C9H22N2. The van der Waals surface area contributed by atoms with Crippen LogP contribution in [0.5, 0.6) is 0 Å². The van der Waals surface area contributed by atoms with Crippen molar-refractivity contribution in [2.24, 2.45) is 0 Å². The van der Waals surface area contributed by atoms with Gasteiger partial charge in [-0.05, 0) is 26.7 Å². The van der Waals surface area contributed by atoms with Crippen LogP contribution in [0.4, 0.5) is 0 Å².